The van der Waals surface area contributed by atoms with Crippen LogP contribution in [0.25, 0.3) is 17.2 Å². The number of ether oxygens (including phenoxy) is 1. The van der Waals surface area contributed by atoms with Gasteiger partial charge in [-0.05, 0) is 55.3 Å². The van der Waals surface area contributed by atoms with E-state index < -0.39 is 5.97 Å². The monoisotopic (exact) mass is 424 g/mol. The van der Waals surface area contributed by atoms with Gasteiger partial charge in [0.25, 0.3) is 0 Å². The molecule has 0 saturated heterocycles. The lowest BCUT2D eigenvalue weighted by Crippen LogP contribution is -2.12. The Morgan fingerprint density at radius 2 is 1.80 bits per heavy atom. The molecule has 3 aromatic rings. The molecule has 0 unspecified atom stereocenters. The third-order valence-corrected chi connectivity index (χ3v) is 5.32. The third-order valence-electron chi connectivity index (χ3n) is 4.30. The number of amides is 1. The zero-order chi connectivity index (χ0) is 21.7. The van der Waals surface area contributed by atoms with Crippen molar-refractivity contribution in [1.29, 1.82) is 0 Å². The molecule has 2 aromatic carbocycles. The molecule has 0 bridgehead atoms. The van der Waals surface area contributed by atoms with E-state index in [9.17, 15) is 14.0 Å². The second-order valence-electron chi connectivity index (χ2n) is 6.45. The Labute approximate surface area is 178 Å². The summed E-state index contributed by atoms with van der Waals surface area (Å²) in [7, 11) is 0. The maximum atomic E-state index is 13.3. The summed E-state index contributed by atoms with van der Waals surface area (Å²) in [5.74, 6) is -1.30. The number of hydrogen-bond acceptors (Lipinski definition) is 5. The van der Waals surface area contributed by atoms with E-state index in [4.69, 9.17) is 10.5 Å². The van der Waals surface area contributed by atoms with E-state index in [0.717, 1.165) is 10.4 Å². The van der Waals surface area contributed by atoms with Crippen LogP contribution in [0.2, 0.25) is 0 Å². The van der Waals surface area contributed by atoms with E-state index in [0.29, 0.717) is 21.8 Å². The molecular formula is C23H21FN2O3S. The molecule has 0 fully saturated rings. The van der Waals surface area contributed by atoms with Crippen LogP contribution in [0.3, 0.4) is 0 Å². The molecule has 1 heterocycles. The SMILES string of the molecule is CCOC(=O)c1c(NC(=O)/C=C/c2ccc(N)cc2)sc(C)c1-c1ccc(F)cc1. The number of nitrogen functional groups attached to an aromatic ring is 1. The molecule has 5 nitrogen and oxygen atoms in total. The van der Waals surface area contributed by atoms with Crippen molar-refractivity contribution in [3.05, 3.63) is 76.4 Å². The van der Waals surface area contributed by atoms with Crippen LogP contribution in [-0.4, -0.2) is 18.5 Å². The summed E-state index contributed by atoms with van der Waals surface area (Å²) in [5, 5.41) is 3.15. The summed E-state index contributed by atoms with van der Waals surface area (Å²) in [4.78, 5) is 25.9. The van der Waals surface area contributed by atoms with Crippen molar-refractivity contribution in [2.45, 2.75) is 13.8 Å². The first-order valence-corrected chi connectivity index (χ1v) is 10.1. The van der Waals surface area contributed by atoms with E-state index in [2.05, 4.69) is 5.32 Å². The third kappa shape index (κ3) is 4.93. The maximum Gasteiger partial charge on any atom is 0.341 e. The number of aryl methyl sites for hydroxylation is 1. The smallest absolute Gasteiger partial charge is 0.341 e. The number of esters is 1. The van der Waals surface area contributed by atoms with Gasteiger partial charge in [0, 0.05) is 22.2 Å². The Morgan fingerprint density at radius 3 is 2.43 bits per heavy atom. The maximum absolute atomic E-state index is 13.3. The van der Waals surface area contributed by atoms with Crippen LogP contribution in [0.5, 0.6) is 0 Å². The number of thiophene rings is 1. The molecule has 0 spiro atoms. The van der Waals surface area contributed by atoms with E-state index in [-0.39, 0.29) is 23.9 Å². The lowest BCUT2D eigenvalue weighted by Gasteiger charge is -2.08. The summed E-state index contributed by atoms with van der Waals surface area (Å²) in [6, 6.07) is 12.9. The summed E-state index contributed by atoms with van der Waals surface area (Å²) >= 11 is 1.27. The van der Waals surface area contributed by atoms with E-state index in [1.54, 1.807) is 49.4 Å². The lowest BCUT2D eigenvalue weighted by molar-refractivity contribution is -0.111. The Kier molecular flexibility index (Phi) is 6.64. The number of rotatable bonds is 6. The van der Waals surface area contributed by atoms with Crippen LogP contribution in [0.1, 0.15) is 27.7 Å². The second kappa shape index (κ2) is 9.37. The Hall–Kier alpha value is -3.45. The zero-order valence-electron chi connectivity index (χ0n) is 16.6. The van der Waals surface area contributed by atoms with E-state index in [1.807, 2.05) is 6.92 Å². The van der Waals surface area contributed by atoms with Crippen molar-refractivity contribution >= 4 is 40.0 Å². The minimum Gasteiger partial charge on any atom is -0.462 e. The number of anilines is 2. The fraction of sp³-hybridized carbons (Fsp3) is 0.130. The largest absolute Gasteiger partial charge is 0.462 e. The van der Waals surface area contributed by atoms with E-state index in [1.165, 1.54) is 29.5 Å². The van der Waals surface area contributed by atoms with Gasteiger partial charge in [-0.1, -0.05) is 24.3 Å². The zero-order valence-corrected chi connectivity index (χ0v) is 17.4. The van der Waals surface area contributed by atoms with Crippen LogP contribution >= 0.6 is 11.3 Å². The van der Waals surface area contributed by atoms with Gasteiger partial charge in [0.05, 0.1) is 6.61 Å². The molecule has 0 aliphatic rings. The van der Waals surface area contributed by atoms with Gasteiger partial charge in [-0.15, -0.1) is 11.3 Å². The van der Waals surface area contributed by atoms with Gasteiger partial charge in [0.1, 0.15) is 16.4 Å². The van der Waals surface area contributed by atoms with Crippen LogP contribution in [-0.2, 0) is 9.53 Å². The molecule has 3 N–H and O–H groups in total. The molecule has 0 atom stereocenters. The molecular weight excluding hydrogens is 403 g/mol. The number of benzene rings is 2. The van der Waals surface area contributed by atoms with Crippen molar-refractivity contribution in [3.8, 4) is 11.1 Å². The highest BCUT2D eigenvalue weighted by molar-refractivity contribution is 7.17. The van der Waals surface area contributed by atoms with Gasteiger partial charge in [0.15, 0.2) is 0 Å². The average Bonchev–Trinajstić information content (AvgIpc) is 3.04. The average molecular weight is 424 g/mol. The number of nitrogens with two attached hydrogens (primary N) is 1. The summed E-state index contributed by atoms with van der Waals surface area (Å²) in [6.45, 7) is 3.75. The first-order chi connectivity index (χ1) is 14.4. The van der Waals surface area contributed by atoms with Gasteiger partial charge in [-0.3, -0.25) is 4.79 Å². The summed E-state index contributed by atoms with van der Waals surface area (Å²) in [5.41, 5.74) is 8.67. The highest BCUT2D eigenvalue weighted by Gasteiger charge is 2.25. The molecule has 0 saturated carbocycles. The number of hydrogen-bond donors (Lipinski definition) is 2. The van der Waals surface area contributed by atoms with Crippen molar-refractivity contribution in [1.82, 2.24) is 0 Å². The minimum absolute atomic E-state index is 0.195. The molecule has 1 aromatic heterocycles. The Bertz CT molecular complexity index is 1090. The summed E-state index contributed by atoms with van der Waals surface area (Å²) in [6.07, 6.45) is 3.03. The summed E-state index contributed by atoms with van der Waals surface area (Å²) < 4.78 is 18.5. The highest BCUT2D eigenvalue weighted by Crippen LogP contribution is 2.40. The first-order valence-electron chi connectivity index (χ1n) is 9.30. The lowest BCUT2D eigenvalue weighted by atomic mass is 10.0. The van der Waals surface area contributed by atoms with Crippen LogP contribution in [0, 0.1) is 12.7 Å². The highest BCUT2D eigenvalue weighted by atomic mass is 32.1. The van der Waals surface area contributed by atoms with Gasteiger partial charge in [-0.2, -0.15) is 0 Å². The van der Waals surface area contributed by atoms with Crippen molar-refractivity contribution in [3.63, 3.8) is 0 Å². The molecule has 30 heavy (non-hydrogen) atoms. The normalized spacial score (nSPS) is 10.9. The van der Waals surface area contributed by atoms with Crippen LogP contribution in [0.4, 0.5) is 15.1 Å². The van der Waals surface area contributed by atoms with Gasteiger partial charge in [0.2, 0.25) is 5.91 Å². The topological polar surface area (TPSA) is 81.4 Å². The molecule has 7 heteroatoms. The van der Waals surface area contributed by atoms with Gasteiger partial charge < -0.3 is 15.8 Å². The molecule has 0 aliphatic carbocycles. The number of carbonyl (C=O) groups excluding carboxylic acids is 2. The van der Waals surface area contributed by atoms with Gasteiger partial charge >= 0.3 is 5.97 Å². The minimum atomic E-state index is -0.543. The number of nitrogens with one attached hydrogen (secondary N) is 1. The number of carbonyl (C=O) groups is 2. The van der Waals surface area contributed by atoms with Crippen LogP contribution in [0.15, 0.2) is 54.6 Å². The molecule has 154 valence electrons. The van der Waals surface area contributed by atoms with Gasteiger partial charge in [-0.25, -0.2) is 9.18 Å². The Morgan fingerprint density at radius 1 is 1.13 bits per heavy atom. The first kappa shape index (κ1) is 21.3. The van der Waals surface area contributed by atoms with E-state index >= 15 is 0 Å². The quantitative estimate of drug-likeness (QED) is 0.321. The van der Waals surface area contributed by atoms with Crippen molar-refractivity contribution in [2.24, 2.45) is 0 Å². The van der Waals surface area contributed by atoms with Crippen molar-refractivity contribution < 1.29 is 18.7 Å². The van der Waals surface area contributed by atoms with Crippen LogP contribution < -0.4 is 11.1 Å². The van der Waals surface area contributed by atoms with Crippen molar-refractivity contribution in [2.75, 3.05) is 17.7 Å². The molecule has 0 radical (unpaired) electrons. The molecule has 3 rings (SSSR count). The molecule has 1 amide bonds. The number of halogens is 1. The fourth-order valence-electron chi connectivity index (χ4n) is 2.93. The fourth-order valence-corrected chi connectivity index (χ4v) is 3.99. The predicted octanol–water partition coefficient (Wildman–Crippen LogP) is 5.27. The Balaban J connectivity index is 1.92. The molecule has 0 aliphatic heterocycles. The second-order valence-corrected chi connectivity index (χ2v) is 7.68. The standard InChI is InChI=1S/C23H21FN2O3S/c1-3-29-23(28)21-20(16-7-9-17(24)10-8-16)14(2)30-22(21)26-19(27)13-6-15-4-11-18(25)12-5-15/h4-13H,3,25H2,1-2H3,(H,26,27)/b13-6+. The predicted molar refractivity (Wildman–Crippen MR) is 119 cm³/mol.